The van der Waals surface area contributed by atoms with Gasteiger partial charge in [-0.1, -0.05) is 38.7 Å². The number of rotatable bonds is 8. The molecule has 0 heterocycles. The van der Waals surface area contributed by atoms with Crippen molar-refractivity contribution in [1.82, 2.24) is 0 Å². The molecule has 4 nitrogen and oxygen atoms in total. The average Bonchev–Trinajstić information content (AvgIpc) is 2.48. The molecule has 0 saturated carbocycles. The minimum absolute atomic E-state index is 0.0157. The lowest BCUT2D eigenvalue weighted by atomic mass is 9.99. The summed E-state index contributed by atoms with van der Waals surface area (Å²) < 4.78 is 46.4. The minimum atomic E-state index is -4.63. The topological polar surface area (TPSA) is 52.6 Å². The van der Waals surface area contributed by atoms with Gasteiger partial charge in [0.25, 0.3) is 0 Å². The Labute approximate surface area is 146 Å². The molecule has 0 aliphatic carbocycles. The number of hydrogen-bond donors (Lipinski definition) is 0. The van der Waals surface area contributed by atoms with Gasteiger partial charge in [0.15, 0.2) is 12.2 Å². The third-order valence-electron chi connectivity index (χ3n) is 3.25. The first-order chi connectivity index (χ1) is 11.5. The van der Waals surface area contributed by atoms with Gasteiger partial charge in [-0.15, -0.1) is 0 Å². The molecule has 0 radical (unpaired) electrons. The molecule has 3 unspecified atom stereocenters. The molecule has 0 aliphatic heterocycles. The Bertz CT molecular complexity index is 529. The van der Waals surface area contributed by atoms with Gasteiger partial charge in [-0.3, -0.25) is 9.59 Å². The Morgan fingerprint density at radius 3 is 2.08 bits per heavy atom. The molecule has 0 aliphatic rings. The summed E-state index contributed by atoms with van der Waals surface area (Å²) >= 11 is 0. The number of carbonyl (C=O) groups is 2. The highest BCUT2D eigenvalue weighted by Crippen LogP contribution is 2.23. The van der Waals surface area contributed by atoms with E-state index in [0.29, 0.717) is 5.57 Å². The molecular formula is C18H25F3O4. The zero-order valence-electron chi connectivity index (χ0n) is 15.0. The highest BCUT2D eigenvalue weighted by atomic mass is 19.4. The third-order valence-corrected chi connectivity index (χ3v) is 3.25. The van der Waals surface area contributed by atoms with Crippen LogP contribution in [0.15, 0.2) is 12.2 Å². The molecule has 3 atom stereocenters. The Morgan fingerprint density at radius 1 is 1.12 bits per heavy atom. The molecule has 0 amide bonds. The summed E-state index contributed by atoms with van der Waals surface area (Å²) in [7, 11) is 0. The normalized spacial score (nSPS) is 14.5. The molecule has 0 N–H and O–H groups in total. The lowest BCUT2D eigenvalue weighted by Gasteiger charge is -2.19. The van der Waals surface area contributed by atoms with Crippen molar-refractivity contribution in [3.63, 3.8) is 0 Å². The molecule has 0 aromatic carbocycles. The van der Waals surface area contributed by atoms with Crippen LogP contribution in [0.4, 0.5) is 13.2 Å². The zero-order valence-corrected chi connectivity index (χ0v) is 15.0. The standard InChI is InChI=1S/C18H25F3O4/c1-6-7-13(4)15(9-8-12(2)3)25-17(23)11-10-16(22)24-14(5)18(19,20)21/h13-15H,2,6-7,10-11H2,1,3-5H3. The van der Waals surface area contributed by atoms with Crippen molar-refractivity contribution in [2.24, 2.45) is 5.92 Å². The first kappa shape index (κ1) is 23.0. The first-order valence-corrected chi connectivity index (χ1v) is 8.10. The van der Waals surface area contributed by atoms with E-state index in [9.17, 15) is 22.8 Å². The third kappa shape index (κ3) is 10.5. The van der Waals surface area contributed by atoms with E-state index in [1.54, 1.807) is 6.92 Å². The number of ether oxygens (including phenoxy) is 2. The molecule has 0 aromatic rings. The van der Waals surface area contributed by atoms with Crippen molar-refractivity contribution in [3.8, 4) is 11.8 Å². The smallest absolute Gasteiger partial charge is 0.425 e. The summed E-state index contributed by atoms with van der Waals surface area (Å²) in [5.41, 5.74) is 0.620. The molecular weight excluding hydrogens is 337 g/mol. The van der Waals surface area contributed by atoms with Crippen LogP contribution in [0, 0.1) is 17.8 Å². The van der Waals surface area contributed by atoms with Crippen molar-refractivity contribution >= 4 is 11.9 Å². The quantitative estimate of drug-likeness (QED) is 0.480. The van der Waals surface area contributed by atoms with Gasteiger partial charge in [0.1, 0.15) is 0 Å². The van der Waals surface area contributed by atoms with Gasteiger partial charge in [-0.2, -0.15) is 13.2 Å². The highest BCUT2D eigenvalue weighted by molar-refractivity contribution is 5.78. The molecule has 0 saturated heterocycles. The molecule has 0 aromatic heterocycles. The van der Waals surface area contributed by atoms with E-state index < -0.39 is 36.7 Å². The molecule has 0 fully saturated rings. The maximum Gasteiger partial charge on any atom is 0.425 e. The van der Waals surface area contributed by atoms with Crippen LogP contribution in [0.1, 0.15) is 53.4 Å². The van der Waals surface area contributed by atoms with Crippen molar-refractivity contribution in [3.05, 3.63) is 12.2 Å². The number of halogens is 3. The van der Waals surface area contributed by atoms with Gasteiger partial charge in [-0.05, 0) is 25.8 Å². The van der Waals surface area contributed by atoms with Crippen LogP contribution >= 0.6 is 0 Å². The summed E-state index contributed by atoms with van der Waals surface area (Å²) in [5, 5.41) is 0. The number of hydrogen-bond acceptors (Lipinski definition) is 4. The summed E-state index contributed by atoms with van der Waals surface area (Å²) in [6, 6.07) is 0. The van der Waals surface area contributed by atoms with Crippen molar-refractivity contribution in [2.45, 2.75) is 71.8 Å². The molecule has 0 bridgehead atoms. The van der Waals surface area contributed by atoms with E-state index in [-0.39, 0.29) is 12.3 Å². The SMILES string of the molecule is C=C(C)C#CC(OC(=O)CCC(=O)OC(C)C(F)(F)F)C(C)CCC. The van der Waals surface area contributed by atoms with Crippen LogP contribution in [-0.4, -0.2) is 30.3 Å². The number of esters is 2. The lowest BCUT2D eigenvalue weighted by molar-refractivity contribution is -0.216. The van der Waals surface area contributed by atoms with Gasteiger partial charge < -0.3 is 9.47 Å². The van der Waals surface area contributed by atoms with Gasteiger partial charge in [0.2, 0.25) is 0 Å². The van der Waals surface area contributed by atoms with Crippen molar-refractivity contribution in [1.29, 1.82) is 0 Å². The van der Waals surface area contributed by atoms with E-state index in [4.69, 9.17) is 4.74 Å². The second-order valence-corrected chi connectivity index (χ2v) is 5.90. The van der Waals surface area contributed by atoms with E-state index in [1.807, 2.05) is 13.8 Å². The summed E-state index contributed by atoms with van der Waals surface area (Å²) in [6.45, 7) is 9.96. The Kier molecular flexibility index (Phi) is 9.95. The molecule has 0 spiro atoms. The van der Waals surface area contributed by atoms with Crippen LogP contribution in [0.2, 0.25) is 0 Å². The predicted octanol–water partition coefficient (Wildman–Crippen LogP) is 4.19. The second-order valence-electron chi connectivity index (χ2n) is 5.90. The number of allylic oxidation sites excluding steroid dienone is 1. The minimum Gasteiger partial charge on any atom is -0.453 e. The maximum atomic E-state index is 12.3. The Hall–Kier alpha value is -1.97. The van der Waals surface area contributed by atoms with Gasteiger partial charge >= 0.3 is 18.1 Å². The van der Waals surface area contributed by atoms with E-state index in [2.05, 4.69) is 23.2 Å². The average molecular weight is 362 g/mol. The van der Waals surface area contributed by atoms with E-state index in [1.165, 1.54) is 0 Å². The van der Waals surface area contributed by atoms with Crippen LogP contribution in [-0.2, 0) is 19.1 Å². The zero-order chi connectivity index (χ0) is 19.6. The second kappa shape index (κ2) is 10.8. The van der Waals surface area contributed by atoms with Crippen molar-refractivity contribution < 1.29 is 32.2 Å². The largest absolute Gasteiger partial charge is 0.453 e. The Balaban J connectivity index is 4.59. The summed E-state index contributed by atoms with van der Waals surface area (Å²) in [4.78, 5) is 23.2. The fourth-order valence-corrected chi connectivity index (χ4v) is 1.82. The fraction of sp³-hybridized carbons (Fsp3) is 0.667. The van der Waals surface area contributed by atoms with Gasteiger partial charge in [0, 0.05) is 5.92 Å². The maximum absolute atomic E-state index is 12.3. The Morgan fingerprint density at radius 2 is 1.64 bits per heavy atom. The highest BCUT2D eigenvalue weighted by Gasteiger charge is 2.39. The van der Waals surface area contributed by atoms with Crippen LogP contribution in [0.3, 0.4) is 0 Å². The monoisotopic (exact) mass is 362 g/mol. The van der Waals surface area contributed by atoms with Crippen LogP contribution in [0.5, 0.6) is 0 Å². The van der Waals surface area contributed by atoms with Crippen LogP contribution in [0.25, 0.3) is 0 Å². The molecule has 0 rings (SSSR count). The number of alkyl halides is 3. The molecule has 25 heavy (non-hydrogen) atoms. The van der Waals surface area contributed by atoms with Gasteiger partial charge in [-0.25, -0.2) is 0 Å². The van der Waals surface area contributed by atoms with E-state index in [0.717, 1.165) is 19.8 Å². The lowest BCUT2D eigenvalue weighted by Crippen LogP contribution is -2.31. The fourth-order valence-electron chi connectivity index (χ4n) is 1.82. The summed E-state index contributed by atoms with van der Waals surface area (Å²) in [5.74, 6) is 3.75. The molecule has 7 heteroatoms. The van der Waals surface area contributed by atoms with E-state index >= 15 is 0 Å². The predicted molar refractivity (Wildman–Crippen MR) is 87.4 cm³/mol. The first-order valence-electron chi connectivity index (χ1n) is 8.10. The van der Waals surface area contributed by atoms with Gasteiger partial charge in [0.05, 0.1) is 12.8 Å². The number of carbonyl (C=O) groups excluding carboxylic acids is 2. The van der Waals surface area contributed by atoms with Crippen LogP contribution < -0.4 is 0 Å². The molecule has 142 valence electrons. The summed E-state index contributed by atoms with van der Waals surface area (Å²) in [6.07, 6.45) is -6.69. The van der Waals surface area contributed by atoms with Crippen molar-refractivity contribution in [2.75, 3.05) is 0 Å².